The van der Waals surface area contributed by atoms with Crippen molar-refractivity contribution in [2.45, 2.75) is 33.2 Å². The molecule has 2 N–H and O–H groups in total. The Kier molecular flexibility index (Phi) is 4.53. The molecule has 0 spiro atoms. The second-order valence-electron chi connectivity index (χ2n) is 6.71. The van der Waals surface area contributed by atoms with Crippen molar-refractivity contribution >= 4 is 23.2 Å². The number of carbonyl (C=O) groups excluding carboxylic acids is 2. The minimum atomic E-state index is -0.318. The molecule has 4 rings (SSSR count). The summed E-state index contributed by atoms with van der Waals surface area (Å²) >= 11 is 1.47. The molecule has 1 aliphatic carbocycles. The number of nitrogens with one attached hydrogen (secondary N) is 2. The molecule has 27 heavy (non-hydrogen) atoms. The summed E-state index contributed by atoms with van der Waals surface area (Å²) in [6.07, 6.45) is 1.92. The van der Waals surface area contributed by atoms with Crippen molar-refractivity contribution in [1.29, 1.82) is 0 Å². The number of fused-ring (bicyclic) bond motifs is 3. The van der Waals surface area contributed by atoms with E-state index in [0.717, 1.165) is 29.1 Å². The molecule has 0 bridgehead atoms. The van der Waals surface area contributed by atoms with Crippen LogP contribution >= 0.6 is 11.3 Å². The number of aromatic nitrogens is 2. The summed E-state index contributed by atoms with van der Waals surface area (Å²) in [7, 11) is 0. The van der Waals surface area contributed by atoms with E-state index in [1.54, 1.807) is 4.68 Å². The normalized spacial score (nSPS) is 12.2. The molecule has 6 nitrogen and oxygen atoms in total. The summed E-state index contributed by atoms with van der Waals surface area (Å²) in [5.41, 5.74) is 10.5. The number of benzene rings is 1. The number of aryl methyl sites for hydroxylation is 4. The van der Waals surface area contributed by atoms with Gasteiger partial charge in [-0.05, 0) is 55.5 Å². The van der Waals surface area contributed by atoms with E-state index in [1.807, 2.05) is 38.1 Å². The molecule has 0 saturated heterocycles. The zero-order valence-corrected chi connectivity index (χ0v) is 16.0. The Hall–Kier alpha value is -2.93. The van der Waals surface area contributed by atoms with Crippen molar-refractivity contribution in [3.8, 4) is 10.4 Å². The summed E-state index contributed by atoms with van der Waals surface area (Å²) in [5.74, 6) is -0.616. The second-order valence-corrected chi connectivity index (χ2v) is 7.76. The van der Waals surface area contributed by atoms with Crippen molar-refractivity contribution in [2.24, 2.45) is 0 Å². The maximum absolute atomic E-state index is 12.5. The van der Waals surface area contributed by atoms with Crippen LogP contribution in [0.2, 0.25) is 0 Å². The number of rotatable bonds is 3. The standard InChI is InChI=1S/C20H20N4O2S/c1-12-9-13(2)24(23-12)11-18(25)21-22-20(26)17-10-15-8-7-14-5-3-4-6-16(14)19(15)27-17/h3-6,9-10H,7-8,11H2,1-2H3,(H,21,25)(H,22,26). The summed E-state index contributed by atoms with van der Waals surface area (Å²) in [6, 6.07) is 12.1. The van der Waals surface area contributed by atoms with Gasteiger partial charge in [-0.25, -0.2) is 0 Å². The summed E-state index contributed by atoms with van der Waals surface area (Å²) in [6.45, 7) is 3.83. The lowest BCUT2D eigenvalue weighted by atomic mass is 9.91. The van der Waals surface area contributed by atoms with E-state index < -0.39 is 0 Å². The first kappa shape index (κ1) is 17.5. The Morgan fingerprint density at radius 1 is 1.11 bits per heavy atom. The Morgan fingerprint density at radius 2 is 1.89 bits per heavy atom. The third kappa shape index (κ3) is 3.50. The third-order valence-corrected chi connectivity index (χ3v) is 5.88. The van der Waals surface area contributed by atoms with Crippen molar-refractivity contribution < 1.29 is 9.59 Å². The van der Waals surface area contributed by atoms with Crippen LogP contribution < -0.4 is 10.9 Å². The van der Waals surface area contributed by atoms with Gasteiger partial charge < -0.3 is 0 Å². The number of hydrogen-bond acceptors (Lipinski definition) is 4. The number of thiophene rings is 1. The molecule has 0 unspecified atom stereocenters. The van der Waals surface area contributed by atoms with Crippen LogP contribution in [0, 0.1) is 13.8 Å². The van der Waals surface area contributed by atoms with E-state index in [1.165, 1.54) is 28.0 Å². The van der Waals surface area contributed by atoms with E-state index >= 15 is 0 Å². The van der Waals surface area contributed by atoms with E-state index in [-0.39, 0.29) is 18.4 Å². The van der Waals surface area contributed by atoms with Crippen molar-refractivity contribution in [3.05, 3.63) is 63.8 Å². The van der Waals surface area contributed by atoms with Gasteiger partial charge in [-0.15, -0.1) is 11.3 Å². The topological polar surface area (TPSA) is 76.0 Å². The van der Waals surface area contributed by atoms with Crippen molar-refractivity contribution in [2.75, 3.05) is 0 Å². The highest BCUT2D eigenvalue weighted by Gasteiger charge is 2.21. The minimum Gasteiger partial charge on any atom is -0.271 e. The van der Waals surface area contributed by atoms with Crippen LogP contribution in [0.1, 0.15) is 32.2 Å². The fourth-order valence-electron chi connectivity index (χ4n) is 3.38. The first-order chi connectivity index (χ1) is 13.0. The highest BCUT2D eigenvalue weighted by atomic mass is 32.1. The lowest BCUT2D eigenvalue weighted by molar-refractivity contribution is -0.122. The largest absolute Gasteiger partial charge is 0.279 e. The van der Waals surface area contributed by atoms with E-state index in [0.29, 0.717) is 4.88 Å². The lowest BCUT2D eigenvalue weighted by Gasteiger charge is -2.15. The quantitative estimate of drug-likeness (QED) is 0.686. The van der Waals surface area contributed by atoms with Gasteiger partial charge in [0, 0.05) is 10.6 Å². The SMILES string of the molecule is Cc1cc(C)n(CC(=O)NNC(=O)c2cc3c(s2)-c2ccccc2CC3)n1. The molecule has 1 aliphatic rings. The van der Waals surface area contributed by atoms with Gasteiger partial charge in [0.1, 0.15) is 6.54 Å². The first-order valence-electron chi connectivity index (χ1n) is 8.82. The fraction of sp³-hybridized carbons (Fsp3) is 0.250. The molecule has 2 heterocycles. The second kappa shape index (κ2) is 7.00. The van der Waals surface area contributed by atoms with Gasteiger partial charge in [-0.3, -0.25) is 25.1 Å². The van der Waals surface area contributed by atoms with Crippen LogP contribution in [-0.2, 0) is 24.2 Å². The molecule has 1 aromatic carbocycles. The molecule has 2 aromatic heterocycles. The Labute approximate surface area is 161 Å². The molecule has 138 valence electrons. The maximum atomic E-state index is 12.5. The molecular formula is C20H20N4O2S. The molecule has 3 aromatic rings. The van der Waals surface area contributed by atoms with Crippen LogP contribution in [0.4, 0.5) is 0 Å². The van der Waals surface area contributed by atoms with Gasteiger partial charge in [0.05, 0.1) is 10.6 Å². The predicted octanol–water partition coefficient (Wildman–Crippen LogP) is 2.79. The van der Waals surface area contributed by atoms with Crippen molar-refractivity contribution in [1.82, 2.24) is 20.6 Å². The molecule has 0 saturated carbocycles. The summed E-state index contributed by atoms with van der Waals surface area (Å²) in [4.78, 5) is 26.3. The van der Waals surface area contributed by atoms with Crippen LogP contribution in [0.3, 0.4) is 0 Å². The predicted molar refractivity (Wildman–Crippen MR) is 104 cm³/mol. The first-order valence-corrected chi connectivity index (χ1v) is 9.64. The van der Waals surface area contributed by atoms with E-state index in [2.05, 4.69) is 28.1 Å². The molecule has 0 radical (unpaired) electrons. The monoisotopic (exact) mass is 380 g/mol. The van der Waals surface area contributed by atoms with Gasteiger partial charge in [-0.1, -0.05) is 24.3 Å². The van der Waals surface area contributed by atoms with Gasteiger partial charge >= 0.3 is 0 Å². The smallest absolute Gasteiger partial charge is 0.271 e. The maximum Gasteiger partial charge on any atom is 0.279 e. The van der Waals surface area contributed by atoms with Crippen LogP contribution in [0.25, 0.3) is 10.4 Å². The summed E-state index contributed by atoms with van der Waals surface area (Å²) < 4.78 is 1.61. The Bertz CT molecular complexity index is 1030. The van der Waals surface area contributed by atoms with Crippen LogP contribution in [0.5, 0.6) is 0 Å². The van der Waals surface area contributed by atoms with E-state index in [4.69, 9.17) is 0 Å². The Morgan fingerprint density at radius 3 is 2.67 bits per heavy atom. The number of nitrogens with zero attached hydrogens (tertiary/aromatic N) is 2. The average molecular weight is 380 g/mol. The fourth-order valence-corrected chi connectivity index (χ4v) is 4.55. The number of hydrazine groups is 1. The molecule has 0 atom stereocenters. The molecule has 0 fully saturated rings. The van der Waals surface area contributed by atoms with Gasteiger partial charge in [-0.2, -0.15) is 5.10 Å². The Balaban J connectivity index is 1.42. The van der Waals surface area contributed by atoms with Gasteiger partial charge in [0.15, 0.2) is 0 Å². The zero-order valence-electron chi connectivity index (χ0n) is 15.2. The minimum absolute atomic E-state index is 0.0638. The van der Waals surface area contributed by atoms with Gasteiger partial charge in [0.2, 0.25) is 0 Å². The molecule has 7 heteroatoms. The van der Waals surface area contributed by atoms with Crippen LogP contribution in [0.15, 0.2) is 36.4 Å². The summed E-state index contributed by atoms with van der Waals surface area (Å²) in [5, 5.41) is 4.25. The number of hydrogen-bond donors (Lipinski definition) is 2. The average Bonchev–Trinajstić information content (AvgIpc) is 3.23. The molecule has 0 aliphatic heterocycles. The van der Waals surface area contributed by atoms with E-state index in [9.17, 15) is 9.59 Å². The highest BCUT2D eigenvalue weighted by Crippen LogP contribution is 2.39. The molecular weight excluding hydrogens is 360 g/mol. The van der Waals surface area contributed by atoms with Gasteiger partial charge in [0.25, 0.3) is 11.8 Å². The number of carbonyl (C=O) groups is 2. The van der Waals surface area contributed by atoms with Crippen LogP contribution in [-0.4, -0.2) is 21.6 Å². The number of amides is 2. The highest BCUT2D eigenvalue weighted by molar-refractivity contribution is 7.17. The molecule has 2 amide bonds. The third-order valence-electron chi connectivity index (χ3n) is 4.67. The zero-order chi connectivity index (χ0) is 19.0. The van der Waals surface area contributed by atoms with Crippen molar-refractivity contribution in [3.63, 3.8) is 0 Å². The lowest BCUT2D eigenvalue weighted by Crippen LogP contribution is -2.43.